The molecule has 2 aliphatic heterocycles. The topological polar surface area (TPSA) is 67.9 Å². The Kier molecular flexibility index (Phi) is 7.25. The van der Waals surface area contributed by atoms with E-state index in [-0.39, 0.29) is 30.4 Å². The van der Waals surface area contributed by atoms with Crippen molar-refractivity contribution in [3.63, 3.8) is 0 Å². The summed E-state index contributed by atoms with van der Waals surface area (Å²) in [5.74, 6) is 1.18. The molecule has 8 heteroatoms. The largest absolute Gasteiger partial charge is 0.486 e. The van der Waals surface area contributed by atoms with E-state index in [4.69, 9.17) is 21.1 Å². The Morgan fingerprint density at radius 1 is 1.14 bits per heavy atom. The van der Waals surface area contributed by atoms with Crippen molar-refractivity contribution >= 4 is 41.3 Å². The third-order valence-corrected chi connectivity index (χ3v) is 8.39. The van der Waals surface area contributed by atoms with Gasteiger partial charge in [-0.2, -0.15) is 0 Å². The zero-order chi connectivity index (χ0) is 24.4. The van der Waals surface area contributed by atoms with Gasteiger partial charge in [-0.3, -0.25) is 9.59 Å². The monoisotopic (exact) mass is 512 g/mol. The molecule has 0 radical (unpaired) electrons. The van der Waals surface area contributed by atoms with Gasteiger partial charge in [0.1, 0.15) is 19.8 Å². The number of halogens is 1. The van der Waals surface area contributed by atoms with Gasteiger partial charge in [0.15, 0.2) is 11.5 Å². The van der Waals surface area contributed by atoms with Crippen LogP contribution >= 0.6 is 23.4 Å². The van der Waals surface area contributed by atoms with Gasteiger partial charge >= 0.3 is 0 Å². The van der Waals surface area contributed by atoms with Gasteiger partial charge in [0.25, 0.3) is 5.91 Å². The summed E-state index contributed by atoms with van der Waals surface area (Å²) in [6, 6.07) is 13.0. The van der Waals surface area contributed by atoms with E-state index in [1.54, 1.807) is 16.7 Å². The van der Waals surface area contributed by atoms with Gasteiger partial charge in [-0.1, -0.05) is 42.6 Å². The molecule has 2 aromatic carbocycles. The number of benzene rings is 2. The van der Waals surface area contributed by atoms with Crippen LogP contribution in [0.3, 0.4) is 0 Å². The highest BCUT2D eigenvalue weighted by Crippen LogP contribution is 2.42. The molecular weight excluding hydrogens is 484 g/mol. The summed E-state index contributed by atoms with van der Waals surface area (Å²) in [4.78, 5) is 29.1. The molecule has 2 fully saturated rings. The van der Waals surface area contributed by atoms with Crippen molar-refractivity contribution in [3.05, 3.63) is 63.5 Å². The lowest BCUT2D eigenvalue weighted by Crippen LogP contribution is -2.54. The van der Waals surface area contributed by atoms with Crippen molar-refractivity contribution in [1.29, 1.82) is 0 Å². The van der Waals surface area contributed by atoms with Gasteiger partial charge in [-0.15, -0.1) is 11.8 Å². The van der Waals surface area contributed by atoms with E-state index in [0.29, 0.717) is 34.1 Å². The third-order valence-electron chi connectivity index (χ3n) is 6.74. The summed E-state index contributed by atoms with van der Waals surface area (Å²) in [6.45, 7) is 3.04. The molecule has 5 rings (SSSR count). The Labute approximate surface area is 215 Å². The number of nitrogens with one attached hydrogen (secondary N) is 1. The minimum Gasteiger partial charge on any atom is -0.486 e. The zero-order valence-corrected chi connectivity index (χ0v) is 21.2. The van der Waals surface area contributed by atoms with Gasteiger partial charge in [0, 0.05) is 16.3 Å². The molecule has 1 aliphatic carbocycles. The molecular formula is C27H29ClN2O4S. The first-order valence-corrected chi connectivity index (χ1v) is 13.4. The Hall–Kier alpha value is -2.64. The van der Waals surface area contributed by atoms with Gasteiger partial charge in [-0.25, -0.2) is 0 Å². The van der Waals surface area contributed by atoms with E-state index in [0.717, 1.165) is 42.6 Å². The lowest BCUT2D eigenvalue weighted by Gasteiger charge is -2.44. The second-order valence-electron chi connectivity index (χ2n) is 9.19. The Morgan fingerprint density at radius 2 is 1.89 bits per heavy atom. The average Bonchev–Trinajstić information content (AvgIpc) is 2.87. The molecule has 0 bridgehead atoms. The first-order valence-electron chi connectivity index (χ1n) is 12.1. The second kappa shape index (κ2) is 10.5. The third kappa shape index (κ3) is 5.46. The fourth-order valence-electron chi connectivity index (χ4n) is 4.93. The minimum atomic E-state index is -0.223. The summed E-state index contributed by atoms with van der Waals surface area (Å²) in [7, 11) is 0. The summed E-state index contributed by atoms with van der Waals surface area (Å²) in [6.07, 6.45) is 6.13. The molecule has 3 atom stereocenters. The second-order valence-corrected chi connectivity index (χ2v) is 10.9. The molecule has 1 N–H and O–H groups in total. The number of thioether (sulfide) groups is 1. The maximum absolute atomic E-state index is 13.5. The van der Waals surface area contributed by atoms with Gasteiger partial charge in [0.05, 0.1) is 10.9 Å². The number of amides is 2. The van der Waals surface area contributed by atoms with E-state index in [9.17, 15) is 9.59 Å². The van der Waals surface area contributed by atoms with Crippen LogP contribution in [0.1, 0.15) is 49.8 Å². The maximum atomic E-state index is 13.5. The molecule has 1 saturated heterocycles. The fourth-order valence-corrected chi connectivity index (χ4v) is 6.53. The van der Waals surface area contributed by atoms with E-state index in [1.165, 1.54) is 0 Å². The highest BCUT2D eigenvalue weighted by molar-refractivity contribution is 8.04. The van der Waals surface area contributed by atoms with Gasteiger partial charge in [0.2, 0.25) is 5.91 Å². The van der Waals surface area contributed by atoms with Crippen molar-refractivity contribution in [2.24, 2.45) is 0 Å². The number of carbonyl (C=O) groups is 2. The van der Waals surface area contributed by atoms with Crippen molar-refractivity contribution in [2.75, 3.05) is 19.8 Å². The number of carbonyl (C=O) groups excluding carboxylic acids is 2. The molecule has 1 saturated carbocycles. The van der Waals surface area contributed by atoms with Crippen LogP contribution < -0.4 is 14.8 Å². The van der Waals surface area contributed by atoms with Gasteiger partial charge < -0.3 is 19.7 Å². The highest BCUT2D eigenvalue weighted by atomic mass is 35.5. The SMILES string of the molecule is CC(NC(=O)CN1C(=O)/C(=C/c2ccc(Cl)cc2)SC2CCCCC21)c1ccc2c(c1)OCCO2. The van der Waals surface area contributed by atoms with Crippen LogP contribution in [0, 0.1) is 0 Å². The standard InChI is InChI=1S/C27H29ClN2O4S/c1-17(19-8-11-22-23(15-19)34-13-12-33-22)29-26(31)16-30-21-4-2-3-5-24(21)35-25(27(30)32)14-18-6-9-20(28)10-7-18/h6-11,14-15,17,21,24H,2-5,12-13,16H2,1H3,(H,29,31)/b25-14-. The molecule has 3 aliphatic rings. The predicted molar refractivity (Wildman–Crippen MR) is 139 cm³/mol. The number of fused-ring (bicyclic) bond motifs is 2. The molecule has 2 aromatic rings. The molecule has 3 unspecified atom stereocenters. The number of hydrogen-bond donors (Lipinski definition) is 1. The lowest BCUT2D eigenvalue weighted by atomic mass is 9.93. The lowest BCUT2D eigenvalue weighted by molar-refractivity contribution is -0.135. The first kappa shape index (κ1) is 24.1. The molecule has 2 heterocycles. The molecule has 0 aromatic heterocycles. The van der Waals surface area contributed by atoms with Crippen molar-refractivity contribution in [3.8, 4) is 11.5 Å². The Morgan fingerprint density at radius 3 is 2.69 bits per heavy atom. The minimum absolute atomic E-state index is 0.0490. The Balaban J connectivity index is 1.30. The summed E-state index contributed by atoms with van der Waals surface area (Å²) < 4.78 is 11.3. The predicted octanol–water partition coefficient (Wildman–Crippen LogP) is 5.22. The van der Waals surface area contributed by atoms with Crippen LogP contribution in [0.15, 0.2) is 47.4 Å². The van der Waals surface area contributed by atoms with Crippen LogP contribution in [0.4, 0.5) is 0 Å². The fraction of sp³-hybridized carbons (Fsp3) is 0.407. The molecule has 35 heavy (non-hydrogen) atoms. The van der Waals surface area contributed by atoms with Crippen LogP contribution in [-0.4, -0.2) is 47.8 Å². The number of nitrogens with zero attached hydrogens (tertiary/aromatic N) is 1. The summed E-state index contributed by atoms with van der Waals surface area (Å²) in [5, 5.41) is 4.04. The smallest absolute Gasteiger partial charge is 0.261 e. The van der Waals surface area contributed by atoms with Crippen LogP contribution in [-0.2, 0) is 9.59 Å². The molecule has 0 spiro atoms. The van der Waals surface area contributed by atoms with Crippen molar-refractivity contribution in [2.45, 2.75) is 49.9 Å². The maximum Gasteiger partial charge on any atom is 0.261 e. The van der Waals surface area contributed by atoms with Crippen LogP contribution in [0.2, 0.25) is 5.02 Å². The van der Waals surface area contributed by atoms with Crippen LogP contribution in [0.25, 0.3) is 6.08 Å². The zero-order valence-electron chi connectivity index (χ0n) is 19.7. The molecule has 2 amide bonds. The Bertz CT molecular complexity index is 1140. The average molecular weight is 513 g/mol. The van der Waals surface area contributed by atoms with Crippen molar-refractivity contribution < 1.29 is 19.1 Å². The normalized spacial score (nSPS) is 23.5. The molecule has 184 valence electrons. The number of hydrogen-bond acceptors (Lipinski definition) is 5. The number of ether oxygens (including phenoxy) is 2. The molecule has 6 nitrogen and oxygen atoms in total. The van der Waals surface area contributed by atoms with E-state index in [1.807, 2.05) is 55.5 Å². The van der Waals surface area contributed by atoms with Crippen molar-refractivity contribution in [1.82, 2.24) is 10.2 Å². The highest BCUT2D eigenvalue weighted by Gasteiger charge is 2.41. The first-order chi connectivity index (χ1) is 17.0. The van der Waals surface area contributed by atoms with E-state index < -0.39 is 0 Å². The number of rotatable bonds is 5. The van der Waals surface area contributed by atoms with E-state index >= 15 is 0 Å². The van der Waals surface area contributed by atoms with Gasteiger partial charge in [-0.05, 0) is 61.2 Å². The van der Waals surface area contributed by atoms with Crippen LogP contribution in [0.5, 0.6) is 11.5 Å². The quantitative estimate of drug-likeness (QED) is 0.556. The van der Waals surface area contributed by atoms with E-state index in [2.05, 4.69) is 5.32 Å². The summed E-state index contributed by atoms with van der Waals surface area (Å²) >= 11 is 7.67. The summed E-state index contributed by atoms with van der Waals surface area (Å²) in [5.41, 5.74) is 1.86.